The van der Waals surface area contributed by atoms with E-state index in [0.29, 0.717) is 23.6 Å². The fourth-order valence-corrected chi connectivity index (χ4v) is 2.53. The van der Waals surface area contributed by atoms with Crippen molar-refractivity contribution in [2.45, 2.75) is 13.0 Å². The Morgan fingerprint density at radius 3 is 2.73 bits per heavy atom. The summed E-state index contributed by atoms with van der Waals surface area (Å²) in [6.45, 7) is 1.30. The summed E-state index contributed by atoms with van der Waals surface area (Å²) >= 11 is 0. The number of hydrogen-bond acceptors (Lipinski definition) is 4. The van der Waals surface area contributed by atoms with Crippen molar-refractivity contribution in [2.75, 3.05) is 13.7 Å². The van der Waals surface area contributed by atoms with Crippen molar-refractivity contribution < 1.29 is 13.9 Å². The number of pyridine rings is 1. The maximum Gasteiger partial charge on any atom is 0.269 e. The highest BCUT2D eigenvalue weighted by atomic mass is 19.1. The van der Waals surface area contributed by atoms with Crippen LogP contribution in [0.3, 0.4) is 0 Å². The van der Waals surface area contributed by atoms with Gasteiger partial charge in [0.25, 0.3) is 5.91 Å². The summed E-state index contributed by atoms with van der Waals surface area (Å²) < 4.78 is 20.4. The third-order valence-electron chi connectivity index (χ3n) is 3.87. The van der Waals surface area contributed by atoms with Crippen LogP contribution in [0, 0.1) is 5.82 Å². The SMILES string of the molecule is COc1ccc(C(=O)NCCCn2ccnc2)nc1-c1ccc(F)cc1. The molecule has 6 nitrogen and oxygen atoms in total. The summed E-state index contributed by atoms with van der Waals surface area (Å²) in [7, 11) is 1.53. The first-order valence-corrected chi connectivity index (χ1v) is 8.22. The number of amides is 1. The zero-order chi connectivity index (χ0) is 18.4. The lowest BCUT2D eigenvalue weighted by Gasteiger charge is -2.10. The third kappa shape index (κ3) is 4.24. The first kappa shape index (κ1) is 17.6. The van der Waals surface area contributed by atoms with Gasteiger partial charge in [-0.05, 0) is 42.8 Å². The Balaban J connectivity index is 1.68. The minimum atomic E-state index is -0.334. The van der Waals surface area contributed by atoms with Gasteiger partial charge in [-0.25, -0.2) is 14.4 Å². The molecule has 0 atom stereocenters. The number of carbonyl (C=O) groups is 1. The Morgan fingerprint density at radius 2 is 2.04 bits per heavy atom. The lowest BCUT2D eigenvalue weighted by molar-refractivity contribution is 0.0948. The van der Waals surface area contributed by atoms with Crippen LogP contribution in [0.25, 0.3) is 11.3 Å². The molecular weight excluding hydrogens is 335 g/mol. The number of ether oxygens (including phenoxy) is 1. The molecule has 0 saturated carbocycles. The summed E-state index contributed by atoms with van der Waals surface area (Å²) in [5.41, 5.74) is 1.46. The number of carbonyl (C=O) groups excluding carboxylic acids is 1. The highest BCUT2D eigenvalue weighted by molar-refractivity contribution is 5.93. The average Bonchev–Trinajstić information content (AvgIpc) is 3.18. The fourth-order valence-electron chi connectivity index (χ4n) is 2.53. The van der Waals surface area contributed by atoms with Gasteiger partial charge in [0.15, 0.2) is 0 Å². The van der Waals surface area contributed by atoms with Crippen molar-refractivity contribution in [2.24, 2.45) is 0 Å². The Morgan fingerprint density at radius 1 is 1.23 bits per heavy atom. The molecule has 0 aliphatic rings. The molecule has 3 aromatic rings. The molecule has 1 amide bonds. The van der Waals surface area contributed by atoms with E-state index in [1.165, 1.54) is 19.2 Å². The Hall–Kier alpha value is -3.22. The predicted octanol–water partition coefficient (Wildman–Crippen LogP) is 2.91. The Kier molecular flexibility index (Phi) is 5.58. The molecule has 0 bridgehead atoms. The molecule has 2 aromatic heterocycles. The summed E-state index contributed by atoms with van der Waals surface area (Å²) in [4.78, 5) is 20.7. The second-order valence-electron chi connectivity index (χ2n) is 5.66. The number of halogens is 1. The van der Waals surface area contributed by atoms with Crippen LogP contribution in [0.5, 0.6) is 5.75 Å². The van der Waals surface area contributed by atoms with Gasteiger partial charge in [0.1, 0.15) is 23.0 Å². The molecule has 0 aliphatic heterocycles. The second kappa shape index (κ2) is 8.24. The van der Waals surface area contributed by atoms with E-state index in [0.717, 1.165) is 13.0 Å². The molecule has 0 aliphatic carbocycles. The van der Waals surface area contributed by atoms with E-state index in [1.54, 1.807) is 36.8 Å². The molecule has 1 aromatic carbocycles. The molecule has 0 unspecified atom stereocenters. The molecule has 1 N–H and O–H groups in total. The van der Waals surface area contributed by atoms with Gasteiger partial charge in [0.05, 0.1) is 13.4 Å². The van der Waals surface area contributed by atoms with E-state index >= 15 is 0 Å². The van der Waals surface area contributed by atoms with Gasteiger partial charge < -0.3 is 14.6 Å². The standard InChI is InChI=1S/C19H19FN4O2/c1-26-17-8-7-16(23-18(17)14-3-5-15(20)6-4-14)19(25)22-9-2-11-24-12-10-21-13-24/h3-8,10,12-13H,2,9,11H2,1H3,(H,22,25). The number of nitrogens with one attached hydrogen (secondary N) is 1. The number of benzene rings is 1. The number of hydrogen-bond donors (Lipinski definition) is 1. The van der Waals surface area contributed by atoms with Crippen LogP contribution in [-0.4, -0.2) is 34.1 Å². The molecule has 3 rings (SSSR count). The maximum absolute atomic E-state index is 13.1. The number of rotatable bonds is 7. The minimum absolute atomic E-state index is 0.262. The zero-order valence-corrected chi connectivity index (χ0v) is 14.4. The van der Waals surface area contributed by atoms with Crippen LogP contribution in [0.4, 0.5) is 4.39 Å². The van der Waals surface area contributed by atoms with Crippen LogP contribution < -0.4 is 10.1 Å². The number of aryl methyl sites for hydroxylation is 1. The normalized spacial score (nSPS) is 10.5. The van der Waals surface area contributed by atoms with E-state index in [4.69, 9.17) is 4.74 Å². The fraction of sp³-hybridized carbons (Fsp3) is 0.211. The average molecular weight is 354 g/mol. The van der Waals surface area contributed by atoms with Gasteiger partial charge in [0, 0.05) is 31.0 Å². The van der Waals surface area contributed by atoms with Gasteiger partial charge in [-0.15, -0.1) is 0 Å². The Labute approximate surface area is 150 Å². The zero-order valence-electron chi connectivity index (χ0n) is 14.4. The summed E-state index contributed by atoms with van der Waals surface area (Å²) in [6.07, 6.45) is 6.11. The van der Waals surface area contributed by atoms with Crippen molar-refractivity contribution in [3.63, 3.8) is 0 Å². The summed E-state index contributed by atoms with van der Waals surface area (Å²) in [5, 5.41) is 2.85. The maximum atomic E-state index is 13.1. The molecule has 0 spiro atoms. The van der Waals surface area contributed by atoms with Gasteiger partial charge in [-0.1, -0.05) is 0 Å². The van der Waals surface area contributed by atoms with Gasteiger partial charge in [-0.2, -0.15) is 0 Å². The molecule has 134 valence electrons. The first-order valence-electron chi connectivity index (χ1n) is 8.22. The van der Waals surface area contributed by atoms with E-state index in [1.807, 2.05) is 10.8 Å². The Bertz CT molecular complexity index is 864. The van der Waals surface area contributed by atoms with Crippen LogP contribution in [0.1, 0.15) is 16.9 Å². The van der Waals surface area contributed by atoms with Gasteiger partial charge in [-0.3, -0.25) is 4.79 Å². The van der Waals surface area contributed by atoms with Crippen molar-refractivity contribution in [1.29, 1.82) is 0 Å². The third-order valence-corrected chi connectivity index (χ3v) is 3.87. The summed E-state index contributed by atoms with van der Waals surface area (Å²) in [5.74, 6) is -0.0746. The highest BCUT2D eigenvalue weighted by Gasteiger charge is 2.13. The highest BCUT2D eigenvalue weighted by Crippen LogP contribution is 2.28. The quantitative estimate of drug-likeness (QED) is 0.663. The van der Waals surface area contributed by atoms with Gasteiger partial charge in [0.2, 0.25) is 0 Å². The number of imidazole rings is 1. The number of aromatic nitrogens is 3. The second-order valence-corrected chi connectivity index (χ2v) is 5.66. The lowest BCUT2D eigenvalue weighted by Crippen LogP contribution is -2.26. The van der Waals surface area contributed by atoms with Crippen molar-refractivity contribution in [1.82, 2.24) is 19.9 Å². The minimum Gasteiger partial charge on any atom is -0.494 e. The molecule has 7 heteroatoms. The molecule has 2 heterocycles. The first-order chi connectivity index (χ1) is 12.7. The van der Waals surface area contributed by atoms with E-state index < -0.39 is 0 Å². The summed E-state index contributed by atoms with van der Waals surface area (Å²) in [6, 6.07) is 9.20. The van der Waals surface area contributed by atoms with E-state index in [2.05, 4.69) is 15.3 Å². The monoisotopic (exact) mass is 354 g/mol. The van der Waals surface area contributed by atoms with Crippen LogP contribution in [-0.2, 0) is 6.54 Å². The smallest absolute Gasteiger partial charge is 0.269 e. The van der Waals surface area contributed by atoms with E-state index in [9.17, 15) is 9.18 Å². The predicted molar refractivity (Wildman–Crippen MR) is 95.4 cm³/mol. The number of nitrogens with zero attached hydrogens (tertiary/aromatic N) is 3. The topological polar surface area (TPSA) is 69.0 Å². The van der Waals surface area contributed by atoms with Crippen LogP contribution >= 0.6 is 0 Å². The van der Waals surface area contributed by atoms with Crippen LogP contribution in [0.2, 0.25) is 0 Å². The lowest BCUT2D eigenvalue weighted by atomic mass is 10.1. The van der Waals surface area contributed by atoms with Crippen molar-refractivity contribution in [3.8, 4) is 17.0 Å². The van der Waals surface area contributed by atoms with Crippen LogP contribution in [0.15, 0.2) is 55.1 Å². The van der Waals surface area contributed by atoms with Crippen molar-refractivity contribution >= 4 is 5.91 Å². The molecule has 0 radical (unpaired) electrons. The van der Waals surface area contributed by atoms with E-state index in [-0.39, 0.29) is 17.4 Å². The number of methoxy groups -OCH3 is 1. The van der Waals surface area contributed by atoms with Crippen molar-refractivity contribution in [3.05, 3.63) is 66.6 Å². The van der Waals surface area contributed by atoms with Gasteiger partial charge >= 0.3 is 0 Å². The largest absolute Gasteiger partial charge is 0.494 e. The molecular formula is C19H19FN4O2. The molecule has 0 saturated heterocycles. The molecule has 26 heavy (non-hydrogen) atoms. The molecule has 0 fully saturated rings.